The Hall–Kier alpha value is -1.05. The second-order valence-electron chi connectivity index (χ2n) is 9.93. The molecule has 4 fully saturated rings. The number of fused-ring (bicyclic) bond motifs is 5. The summed E-state index contributed by atoms with van der Waals surface area (Å²) in [5.41, 5.74) is 3.21. The van der Waals surface area contributed by atoms with Gasteiger partial charge in [0.25, 0.3) is 0 Å². The van der Waals surface area contributed by atoms with Crippen molar-refractivity contribution in [2.75, 3.05) is 0 Å². The number of hydrogen-bond acceptors (Lipinski definition) is 2. The lowest BCUT2D eigenvalue weighted by Gasteiger charge is -2.52. The van der Waals surface area contributed by atoms with E-state index in [2.05, 4.69) is 6.92 Å². The minimum Gasteiger partial charge on any atom is -0.431 e. The van der Waals surface area contributed by atoms with Crippen LogP contribution in [0.1, 0.15) is 86.8 Å². The van der Waals surface area contributed by atoms with Gasteiger partial charge in [-0.3, -0.25) is 0 Å². The van der Waals surface area contributed by atoms with E-state index in [9.17, 15) is 4.79 Å². The third kappa shape index (κ3) is 2.54. The largest absolute Gasteiger partial charge is 0.431 e. The summed E-state index contributed by atoms with van der Waals surface area (Å²) in [5, 5.41) is 0. The molecule has 0 amide bonds. The van der Waals surface area contributed by atoms with Crippen molar-refractivity contribution in [3.63, 3.8) is 0 Å². The van der Waals surface area contributed by atoms with Crippen molar-refractivity contribution in [2.24, 2.45) is 35.5 Å². The van der Waals surface area contributed by atoms with Gasteiger partial charge in [-0.2, -0.15) is 0 Å². The van der Waals surface area contributed by atoms with Gasteiger partial charge >= 0.3 is 5.63 Å². The zero-order chi connectivity index (χ0) is 17.8. The fourth-order valence-electron chi connectivity index (χ4n) is 7.90. The molecule has 4 aliphatic carbocycles. The molecule has 0 aromatic carbocycles. The second kappa shape index (κ2) is 6.53. The fraction of sp³-hybridized carbons (Fsp3) is 0.792. The molecule has 0 saturated heterocycles. The molecule has 142 valence electrons. The van der Waals surface area contributed by atoms with Crippen LogP contribution < -0.4 is 5.63 Å². The predicted octanol–water partition coefficient (Wildman–Crippen LogP) is 5.99. The van der Waals surface area contributed by atoms with Crippen LogP contribution in [0.3, 0.4) is 0 Å². The fourth-order valence-corrected chi connectivity index (χ4v) is 7.90. The summed E-state index contributed by atoms with van der Waals surface area (Å²) in [6, 6.07) is 0. The Morgan fingerprint density at radius 1 is 0.731 bits per heavy atom. The van der Waals surface area contributed by atoms with Gasteiger partial charge < -0.3 is 4.42 Å². The maximum Gasteiger partial charge on any atom is 0.338 e. The average Bonchev–Trinajstić information content (AvgIpc) is 3.10. The Balaban J connectivity index is 1.40. The summed E-state index contributed by atoms with van der Waals surface area (Å²) in [5.74, 6) is 6.55. The molecule has 1 aromatic heterocycles. The Morgan fingerprint density at radius 2 is 1.38 bits per heavy atom. The lowest BCUT2D eigenvalue weighted by atomic mass is 9.53. The highest BCUT2D eigenvalue weighted by Gasteiger charge is 2.51. The van der Waals surface area contributed by atoms with Gasteiger partial charge in [0.15, 0.2) is 0 Å². The van der Waals surface area contributed by atoms with Gasteiger partial charge in [-0.1, -0.05) is 19.3 Å². The van der Waals surface area contributed by atoms with Gasteiger partial charge in [0, 0.05) is 5.56 Å². The van der Waals surface area contributed by atoms with E-state index >= 15 is 0 Å². The first-order valence-electron chi connectivity index (χ1n) is 11.2. The van der Waals surface area contributed by atoms with E-state index < -0.39 is 0 Å². The molecule has 0 radical (unpaired) electrons. The van der Waals surface area contributed by atoms with E-state index in [1.54, 1.807) is 0 Å². The van der Waals surface area contributed by atoms with Crippen LogP contribution in [0.15, 0.2) is 15.5 Å². The Labute approximate surface area is 157 Å². The van der Waals surface area contributed by atoms with Crippen molar-refractivity contribution >= 4 is 0 Å². The van der Waals surface area contributed by atoms with Crippen molar-refractivity contribution in [3.05, 3.63) is 33.4 Å². The second-order valence-corrected chi connectivity index (χ2v) is 9.93. The summed E-state index contributed by atoms with van der Waals surface area (Å²) < 4.78 is 5.38. The van der Waals surface area contributed by atoms with Crippen LogP contribution in [0.25, 0.3) is 0 Å². The molecule has 0 spiro atoms. The topological polar surface area (TPSA) is 30.2 Å². The molecule has 1 heterocycles. The van der Waals surface area contributed by atoms with Crippen LogP contribution in [-0.2, 0) is 0 Å². The highest BCUT2D eigenvalue weighted by molar-refractivity contribution is 5.32. The summed E-state index contributed by atoms with van der Waals surface area (Å²) in [4.78, 5) is 11.8. The van der Waals surface area contributed by atoms with E-state index in [1.807, 2.05) is 13.2 Å². The van der Waals surface area contributed by atoms with Gasteiger partial charge in [-0.15, -0.1) is 0 Å². The molecule has 1 aromatic rings. The molecule has 7 atom stereocenters. The standard InChI is InChI=1S/C24H34O2/c1-14-15(2)24(25)26-13-23(14)22-12-11-20-19-8-7-16-5-3-4-6-17(16)18(19)9-10-21(20)22/h13,16-22H,3-12H2,1-2H3. The Bertz CT molecular complexity index is 732. The van der Waals surface area contributed by atoms with Crippen molar-refractivity contribution in [3.8, 4) is 0 Å². The van der Waals surface area contributed by atoms with E-state index in [-0.39, 0.29) is 5.63 Å². The zero-order valence-corrected chi connectivity index (χ0v) is 16.5. The molecule has 2 nitrogen and oxygen atoms in total. The molecule has 26 heavy (non-hydrogen) atoms. The van der Waals surface area contributed by atoms with Crippen LogP contribution in [0.5, 0.6) is 0 Å². The minimum absolute atomic E-state index is 0.153. The van der Waals surface area contributed by atoms with Gasteiger partial charge in [0.2, 0.25) is 0 Å². The number of hydrogen-bond donors (Lipinski definition) is 0. The molecule has 5 rings (SSSR count). The molecule has 7 unspecified atom stereocenters. The van der Waals surface area contributed by atoms with Crippen molar-refractivity contribution in [1.29, 1.82) is 0 Å². The van der Waals surface area contributed by atoms with E-state index in [0.29, 0.717) is 5.92 Å². The highest BCUT2D eigenvalue weighted by atomic mass is 16.4. The average molecular weight is 355 g/mol. The Morgan fingerprint density at radius 3 is 2.27 bits per heavy atom. The first-order chi connectivity index (χ1) is 12.6. The molecule has 0 N–H and O–H groups in total. The lowest BCUT2D eigenvalue weighted by Crippen LogP contribution is -2.44. The predicted molar refractivity (Wildman–Crippen MR) is 104 cm³/mol. The lowest BCUT2D eigenvalue weighted by molar-refractivity contribution is -0.0206. The summed E-state index contributed by atoms with van der Waals surface area (Å²) >= 11 is 0. The van der Waals surface area contributed by atoms with Gasteiger partial charge in [-0.25, -0.2) is 4.79 Å². The van der Waals surface area contributed by atoms with E-state index in [1.165, 1.54) is 75.3 Å². The quantitative estimate of drug-likeness (QED) is 0.620. The molecule has 0 bridgehead atoms. The molecule has 2 heteroatoms. The minimum atomic E-state index is -0.153. The highest BCUT2D eigenvalue weighted by Crippen LogP contribution is 2.60. The van der Waals surface area contributed by atoms with Gasteiger partial charge in [-0.05, 0) is 111 Å². The van der Waals surface area contributed by atoms with Crippen molar-refractivity contribution in [2.45, 2.75) is 84.0 Å². The van der Waals surface area contributed by atoms with Crippen molar-refractivity contribution in [1.82, 2.24) is 0 Å². The smallest absolute Gasteiger partial charge is 0.338 e. The first kappa shape index (κ1) is 17.1. The van der Waals surface area contributed by atoms with Gasteiger partial charge in [0.05, 0.1) is 6.26 Å². The van der Waals surface area contributed by atoms with Crippen LogP contribution in [0.2, 0.25) is 0 Å². The zero-order valence-electron chi connectivity index (χ0n) is 16.5. The van der Waals surface area contributed by atoms with E-state index in [4.69, 9.17) is 4.42 Å². The van der Waals surface area contributed by atoms with Crippen LogP contribution in [0.4, 0.5) is 0 Å². The SMILES string of the molecule is Cc1c(C2CCC3C2CCC2C4CCCCC4CCC23)coc(=O)c1C. The summed E-state index contributed by atoms with van der Waals surface area (Å²) in [6.07, 6.45) is 16.4. The molecule has 4 aliphatic rings. The maximum absolute atomic E-state index is 11.8. The van der Waals surface area contributed by atoms with Crippen LogP contribution >= 0.6 is 0 Å². The van der Waals surface area contributed by atoms with Crippen LogP contribution in [-0.4, -0.2) is 0 Å². The number of rotatable bonds is 1. The molecular weight excluding hydrogens is 320 g/mol. The summed E-state index contributed by atoms with van der Waals surface area (Å²) in [7, 11) is 0. The third-order valence-corrected chi connectivity index (χ3v) is 9.19. The van der Waals surface area contributed by atoms with Crippen molar-refractivity contribution < 1.29 is 4.42 Å². The van der Waals surface area contributed by atoms with Crippen LogP contribution in [0, 0.1) is 49.4 Å². The molecule has 0 aliphatic heterocycles. The monoisotopic (exact) mass is 354 g/mol. The Kier molecular flexibility index (Phi) is 4.29. The van der Waals surface area contributed by atoms with E-state index in [0.717, 1.165) is 41.1 Å². The maximum atomic E-state index is 11.8. The normalized spacial score (nSPS) is 42.0. The summed E-state index contributed by atoms with van der Waals surface area (Å²) in [6.45, 7) is 4.06. The first-order valence-corrected chi connectivity index (χ1v) is 11.2. The molecular formula is C24H34O2. The van der Waals surface area contributed by atoms with Gasteiger partial charge in [0.1, 0.15) is 0 Å². The third-order valence-electron chi connectivity index (χ3n) is 9.19. The molecule has 4 saturated carbocycles.